The summed E-state index contributed by atoms with van der Waals surface area (Å²) in [6.07, 6.45) is 4.74. The van der Waals surface area contributed by atoms with Gasteiger partial charge in [0.25, 0.3) is 0 Å². The van der Waals surface area contributed by atoms with Crippen molar-refractivity contribution in [3.05, 3.63) is 60.7 Å². The van der Waals surface area contributed by atoms with Gasteiger partial charge in [-0.1, -0.05) is 30.3 Å². The van der Waals surface area contributed by atoms with Crippen LogP contribution in [0.15, 0.2) is 65.6 Å². The number of nitrogens with one attached hydrogen (secondary N) is 1. The molecule has 0 spiro atoms. The van der Waals surface area contributed by atoms with Crippen LogP contribution >= 0.6 is 0 Å². The highest BCUT2D eigenvalue weighted by molar-refractivity contribution is 7.90. The Morgan fingerprint density at radius 2 is 1.59 bits per heavy atom. The van der Waals surface area contributed by atoms with Gasteiger partial charge in [0, 0.05) is 36.7 Å². The van der Waals surface area contributed by atoms with Gasteiger partial charge in [-0.3, -0.25) is 0 Å². The minimum absolute atomic E-state index is 0.296. The summed E-state index contributed by atoms with van der Waals surface area (Å²) < 4.78 is 23.4. The normalized spacial score (nSPS) is 14.6. The summed E-state index contributed by atoms with van der Waals surface area (Å²) in [7, 11) is -3.22. The molecule has 0 atom stereocenters. The minimum atomic E-state index is -3.22. The number of nitrogens with zero attached hydrogens (tertiary/aromatic N) is 3. The number of aromatic nitrogens is 2. The maximum absolute atomic E-state index is 11.7. The van der Waals surface area contributed by atoms with E-state index in [0.717, 1.165) is 48.8 Å². The first-order valence-electron chi connectivity index (χ1n) is 9.76. The molecule has 1 saturated heterocycles. The van der Waals surface area contributed by atoms with Crippen molar-refractivity contribution in [3.8, 4) is 11.3 Å². The third-order valence-electron chi connectivity index (χ3n) is 4.98. The lowest BCUT2D eigenvalue weighted by molar-refractivity contribution is 0.568. The fourth-order valence-electron chi connectivity index (χ4n) is 3.42. The Morgan fingerprint density at radius 1 is 0.897 bits per heavy atom. The summed E-state index contributed by atoms with van der Waals surface area (Å²) in [6.45, 7) is 1.92. The standard InChI is InChI=1S/C22H24N4O2S/c1-29(27,28)19-12-10-18(11-13-19)23-21-16-20(17-8-4-2-5-9-17)24-22(25-21)26-14-6-3-7-15-26/h2,4-5,8-13,16H,3,6-7,14-15H2,1H3,(H,23,24,25). The Labute approximate surface area is 171 Å². The van der Waals surface area contributed by atoms with Crippen LogP contribution in [0.5, 0.6) is 0 Å². The SMILES string of the molecule is CS(=O)(=O)c1ccc(Nc2cc(-c3ccccc3)nc(N3CCCCC3)n2)cc1. The molecule has 1 fully saturated rings. The van der Waals surface area contributed by atoms with Crippen molar-refractivity contribution in [2.75, 3.05) is 29.6 Å². The van der Waals surface area contributed by atoms with Crippen LogP contribution in [-0.2, 0) is 9.84 Å². The van der Waals surface area contributed by atoms with E-state index in [9.17, 15) is 8.42 Å². The fraction of sp³-hybridized carbons (Fsp3) is 0.273. The summed E-state index contributed by atoms with van der Waals surface area (Å²) in [6, 6.07) is 18.7. The highest BCUT2D eigenvalue weighted by atomic mass is 32.2. The molecule has 150 valence electrons. The molecule has 3 aromatic rings. The van der Waals surface area contributed by atoms with E-state index in [2.05, 4.69) is 10.2 Å². The largest absolute Gasteiger partial charge is 0.341 e. The maximum atomic E-state index is 11.7. The van der Waals surface area contributed by atoms with Crippen molar-refractivity contribution >= 4 is 27.3 Å². The molecule has 1 aliphatic heterocycles. The van der Waals surface area contributed by atoms with Crippen molar-refractivity contribution in [2.45, 2.75) is 24.2 Å². The van der Waals surface area contributed by atoms with Crippen LogP contribution in [0.2, 0.25) is 0 Å². The molecule has 0 aliphatic carbocycles. The molecule has 6 nitrogen and oxygen atoms in total. The monoisotopic (exact) mass is 408 g/mol. The van der Waals surface area contributed by atoms with Gasteiger partial charge < -0.3 is 10.2 Å². The van der Waals surface area contributed by atoms with E-state index < -0.39 is 9.84 Å². The maximum Gasteiger partial charge on any atom is 0.227 e. The minimum Gasteiger partial charge on any atom is -0.341 e. The van der Waals surface area contributed by atoms with Crippen molar-refractivity contribution < 1.29 is 8.42 Å². The average molecular weight is 409 g/mol. The zero-order chi connectivity index (χ0) is 20.3. The summed E-state index contributed by atoms with van der Waals surface area (Å²) in [5, 5.41) is 3.30. The Bertz CT molecular complexity index is 1080. The Morgan fingerprint density at radius 3 is 2.24 bits per heavy atom. The van der Waals surface area contributed by atoms with Gasteiger partial charge in [0.1, 0.15) is 5.82 Å². The predicted molar refractivity (Wildman–Crippen MR) is 116 cm³/mol. The highest BCUT2D eigenvalue weighted by Gasteiger charge is 2.16. The molecule has 1 N–H and O–H groups in total. The van der Waals surface area contributed by atoms with Gasteiger partial charge in [-0.2, -0.15) is 4.98 Å². The second kappa shape index (κ2) is 8.21. The molecule has 29 heavy (non-hydrogen) atoms. The summed E-state index contributed by atoms with van der Waals surface area (Å²) in [5.74, 6) is 1.41. The van der Waals surface area contributed by atoms with Crippen LogP contribution in [0.1, 0.15) is 19.3 Å². The third-order valence-corrected chi connectivity index (χ3v) is 6.11. The third kappa shape index (κ3) is 4.74. The topological polar surface area (TPSA) is 75.2 Å². The molecule has 4 rings (SSSR count). The van der Waals surface area contributed by atoms with Crippen LogP contribution < -0.4 is 10.2 Å². The van der Waals surface area contributed by atoms with E-state index in [0.29, 0.717) is 10.7 Å². The van der Waals surface area contributed by atoms with Gasteiger partial charge >= 0.3 is 0 Å². The van der Waals surface area contributed by atoms with Crippen molar-refractivity contribution in [1.82, 2.24) is 9.97 Å². The smallest absolute Gasteiger partial charge is 0.227 e. The van der Waals surface area contributed by atoms with E-state index in [4.69, 9.17) is 9.97 Å². The van der Waals surface area contributed by atoms with E-state index in [-0.39, 0.29) is 0 Å². The number of rotatable bonds is 5. The molecule has 1 aromatic heterocycles. The van der Waals surface area contributed by atoms with Gasteiger partial charge in [-0.25, -0.2) is 13.4 Å². The number of anilines is 3. The van der Waals surface area contributed by atoms with E-state index >= 15 is 0 Å². The number of hydrogen-bond acceptors (Lipinski definition) is 6. The highest BCUT2D eigenvalue weighted by Crippen LogP contribution is 2.26. The van der Waals surface area contributed by atoms with Crippen LogP contribution in [0, 0.1) is 0 Å². The lowest BCUT2D eigenvalue weighted by atomic mass is 10.1. The quantitative estimate of drug-likeness (QED) is 0.679. The van der Waals surface area contributed by atoms with E-state index in [1.54, 1.807) is 24.3 Å². The Kier molecular flexibility index (Phi) is 5.49. The molecular weight excluding hydrogens is 384 g/mol. The van der Waals surface area contributed by atoms with Gasteiger partial charge in [-0.05, 0) is 43.5 Å². The Hall–Kier alpha value is -2.93. The van der Waals surface area contributed by atoms with Crippen LogP contribution in [0.25, 0.3) is 11.3 Å². The molecule has 2 aromatic carbocycles. The van der Waals surface area contributed by atoms with Crippen molar-refractivity contribution in [2.24, 2.45) is 0 Å². The van der Waals surface area contributed by atoms with Gasteiger partial charge in [0.15, 0.2) is 9.84 Å². The predicted octanol–water partition coefficient (Wildman–Crippen LogP) is 4.28. The van der Waals surface area contributed by atoms with Crippen LogP contribution in [0.3, 0.4) is 0 Å². The number of benzene rings is 2. The first kappa shape index (κ1) is 19.4. The molecule has 0 saturated carbocycles. The first-order valence-corrected chi connectivity index (χ1v) is 11.6. The van der Waals surface area contributed by atoms with Gasteiger partial charge in [-0.15, -0.1) is 0 Å². The molecule has 0 bridgehead atoms. The zero-order valence-electron chi connectivity index (χ0n) is 16.4. The average Bonchev–Trinajstić information content (AvgIpc) is 2.74. The molecule has 1 aliphatic rings. The molecule has 2 heterocycles. The fourth-order valence-corrected chi connectivity index (χ4v) is 4.05. The van der Waals surface area contributed by atoms with Crippen molar-refractivity contribution in [1.29, 1.82) is 0 Å². The number of piperidine rings is 1. The molecule has 0 radical (unpaired) electrons. The molecule has 0 unspecified atom stereocenters. The van der Waals surface area contributed by atoms with Gasteiger partial charge in [0.05, 0.1) is 10.6 Å². The molecular formula is C22H24N4O2S. The van der Waals surface area contributed by atoms with Crippen molar-refractivity contribution in [3.63, 3.8) is 0 Å². The number of sulfone groups is 1. The first-order chi connectivity index (χ1) is 14.0. The van der Waals surface area contributed by atoms with E-state index in [1.807, 2.05) is 36.4 Å². The summed E-state index contributed by atoms with van der Waals surface area (Å²) in [5.41, 5.74) is 2.67. The van der Waals surface area contributed by atoms with E-state index in [1.165, 1.54) is 12.7 Å². The van der Waals surface area contributed by atoms with Crippen LogP contribution in [-0.4, -0.2) is 37.7 Å². The second-order valence-electron chi connectivity index (χ2n) is 7.27. The Balaban J connectivity index is 1.68. The zero-order valence-corrected chi connectivity index (χ0v) is 17.2. The second-order valence-corrected chi connectivity index (χ2v) is 9.29. The lowest BCUT2D eigenvalue weighted by Gasteiger charge is -2.27. The summed E-state index contributed by atoms with van der Waals surface area (Å²) in [4.78, 5) is 12.1. The lowest BCUT2D eigenvalue weighted by Crippen LogP contribution is -2.31. The van der Waals surface area contributed by atoms with Crippen LogP contribution in [0.4, 0.5) is 17.5 Å². The molecule has 7 heteroatoms. The summed E-state index contributed by atoms with van der Waals surface area (Å²) >= 11 is 0. The number of hydrogen-bond donors (Lipinski definition) is 1. The van der Waals surface area contributed by atoms with Gasteiger partial charge in [0.2, 0.25) is 5.95 Å². The molecule has 0 amide bonds.